The van der Waals surface area contributed by atoms with Crippen LogP contribution < -0.4 is 10.6 Å². The number of hydrogen-bond acceptors (Lipinski definition) is 6. The Morgan fingerprint density at radius 3 is 2.76 bits per heavy atom. The minimum Gasteiger partial charge on any atom is -0.378 e. The summed E-state index contributed by atoms with van der Waals surface area (Å²) >= 11 is 0. The fourth-order valence-electron chi connectivity index (χ4n) is 2.45. The minimum atomic E-state index is -0.715. The number of amides is 1. The molecule has 2 rings (SSSR count). The number of ether oxygens (including phenoxy) is 1. The molecular formula is C13H18N4O4. The first-order valence-electron chi connectivity index (χ1n) is 6.83. The number of pyridine rings is 1. The molecule has 1 aliphatic rings. The van der Waals surface area contributed by atoms with Crippen LogP contribution >= 0.6 is 0 Å². The molecule has 114 valence electrons. The normalized spacial score (nSPS) is 16.0. The number of carbonyl (C=O) groups is 1. The second-order valence-electron chi connectivity index (χ2n) is 4.83. The Bertz CT molecular complexity index is 541. The summed E-state index contributed by atoms with van der Waals surface area (Å²) in [7, 11) is 0. The van der Waals surface area contributed by atoms with Gasteiger partial charge in [-0.3, -0.25) is 14.9 Å². The second kappa shape index (κ2) is 6.49. The van der Waals surface area contributed by atoms with Gasteiger partial charge in [0.15, 0.2) is 0 Å². The summed E-state index contributed by atoms with van der Waals surface area (Å²) in [4.78, 5) is 27.7. The van der Waals surface area contributed by atoms with Crippen molar-refractivity contribution in [1.82, 2.24) is 4.98 Å². The Morgan fingerprint density at radius 2 is 2.24 bits per heavy atom. The fraction of sp³-hybridized carbons (Fsp3) is 0.538. The van der Waals surface area contributed by atoms with Crippen LogP contribution in [-0.2, 0) is 4.74 Å². The van der Waals surface area contributed by atoms with Crippen molar-refractivity contribution in [2.75, 3.05) is 24.6 Å². The van der Waals surface area contributed by atoms with Crippen molar-refractivity contribution in [2.45, 2.75) is 25.9 Å². The summed E-state index contributed by atoms with van der Waals surface area (Å²) in [5, 5.41) is 10.8. The molecule has 1 aromatic rings. The van der Waals surface area contributed by atoms with Crippen LogP contribution in [0.4, 0.5) is 11.5 Å². The van der Waals surface area contributed by atoms with Crippen molar-refractivity contribution in [3.05, 3.63) is 27.9 Å². The summed E-state index contributed by atoms with van der Waals surface area (Å²) in [6.45, 7) is 3.98. The van der Waals surface area contributed by atoms with E-state index < -0.39 is 10.8 Å². The van der Waals surface area contributed by atoms with E-state index >= 15 is 0 Å². The lowest BCUT2D eigenvalue weighted by atomic mass is 10.1. The Labute approximate surface area is 122 Å². The standard InChI is InChI=1S/C13H18N4O4/c1-2-21-10-3-5-16(6-4-10)13-11(12(14)18)7-9(8-15-13)17(19)20/h7-8,10H,2-6H2,1H3,(H2,14,18). The molecular weight excluding hydrogens is 276 g/mol. The van der Waals surface area contributed by atoms with E-state index in [-0.39, 0.29) is 17.4 Å². The molecule has 0 aromatic carbocycles. The predicted molar refractivity (Wildman–Crippen MR) is 76.3 cm³/mol. The van der Waals surface area contributed by atoms with E-state index in [4.69, 9.17) is 10.5 Å². The lowest BCUT2D eigenvalue weighted by Crippen LogP contribution is -2.38. The predicted octanol–water partition coefficient (Wildman–Crippen LogP) is 1.09. The summed E-state index contributed by atoms with van der Waals surface area (Å²) in [6, 6.07) is 1.18. The van der Waals surface area contributed by atoms with Crippen molar-refractivity contribution in [2.24, 2.45) is 5.73 Å². The van der Waals surface area contributed by atoms with E-state index in [1.54, 1.807) is 0 Å². The molecule has 0 aliphatic carbocycles. The lowest BCUT2D eigenvalue weighted by Gasteiger charge is -2.33. The van der Waals surface area contributed by atoms with Gasteiger partial charge in [0, 0.05) is 25.8 Å². The van der Waals surface area contributed by atoms with E-state index in [1.165, 1.54) is 6.07 Å². The lowest BCUT2D eigenvalue weighted by molar-refractivity contribution is -0.385. The van der Waals surface area contributed by atoms with E-state index in [0.29, 0.717) is 25.5 Å². The average molecular weight is 294 g/mol. The smallest absolute Gasteiger partial charge is 0.288 e. The maximum absolute atomic E-state index is 11.5. The van der Waals surface area contributed by atoms with Crippen molar-refractivity contribution in [1.29, 1.82) is 0 Å². The average Bonchev–Trinajstić information content (AvgIpc) is 2.47. The Morgan fingerprint density at radius 1 is 1.57 bits per heavy atom. The van der Waals surface area contributed by atoms with Gasteiger partial charge in [0.25, 0.3) is 11.6 Å². The fourth-order valence-corrected chi connectivity index (χ4v) is 2.45. The SMILES string of the molecule is CCOC1CCN(c2ncc([N+](=O)[O-])cc2C(N)=O)CC1. The number of anilines is 1. The van der Waals surface area contributed by atoms with Crippen LogP contribution in [0.2, 0.25) is 0 Å². The van der Waals surface area contributed by atoms with Crippen molar-refractivity contribution < 1.29 is 14.5 Å². The van der Waals surface area contributed by atoms with Gasteiger partial charge in [-0.1, -0.05) is 0 Å². The zero-order valence-corrected chi connectivity index (χ0v) is 11.8. The molecule has 0 bridgehead atoms. The summed E-state index contributed by atoms with van der Waals surface area (Å²) in [5.74, 6) is -0.309. The van der Waals surface area contributed by atoms with Gasteiger partial charge < -0.3 is 15.4 Å². The first-order valence-corrected chi connectivity index (χ1v) is 6.83. The Hall–Kier alpha value is -2.22. The van der Waals surface area contributed by atoms with E-state index in [0.717, 1.165) is 19.0 Å². The van der Waals surface area contributed by atoms with Crippen molar-refractivity contribution >= 4 is 17.4 Å². The molecule has 2 N–H and O–H groups in total. The number of rotatable bonds is 5. The highest BCUT2D eigenvalue weighted by Crippen LogP contribution is 2.25. The number of aromatic nitrogens is 1. The van der Waals surface area contributed by atoms with Crippen LogP contribution in [0.25, 0.3) is 0 Å². The molecule has 8 nitrogen and oxygen atoms in total. The van der Waals surface area contributed by atoms with Gasteiger partial charge in [0.05, 0.1) is 16.6 Å². The summed E-state index contributed by atoms with van der Waals surface area (Å²) in [6.07, 6.45) is 3.01. The number of carbonyl (C=O) groups excluding carboxylic acids is 1. The minimum absolute atomic E-state index is 0.0825. The van der Waals surface area contributed by atoms with Crippen molar-refractivity contribution in [3.8, 4) is 0 Å². The van der Waals surface area contributed by atoms with Crippen LogP contribution in [0.5, 0.6) is 0 Å². The number of hydrogen-bond donors (Lipinski definition) is 1. The number of primary amides is 1. The molecule has 21 heavy (non-hydrogen) atoms. The number of nitro groups is 1. The number of piperidine rings is 1. The van der Waals surface area contributed by atoms with Crippen LogP contribution in [0, 0.1) is 10.1 Å². The van der Waals surface area contributed by atoms with Gasteiger partial charge in [-0.25, -0.2) is 4.98 Å². The topological polar surface area (TPSA) is 112 Å². The molecule has 1 aromatic heterocycles. The Kier molecular flexibility index (Phi) is 4.69. The van der Waals surface area contributed by atoms with Crippen molar-refractivity contribution in [3.63, 3.8) is 0 Å². The van der Waals surface area contributed by atoms with Gasteiger partial charge in [0.1, 0.15) is 12.0 Å². The van der Waals surface area contributed by atoms with E-state index in [2.05, 4.69) is 4.98 Å². The third-order valence-electron chi connectivity index (χ3n) is 3.47. The highest BCUT2D eigenvalue weighted by Gasteiger charge is 2.25. The largest absolute Gasteiger partial charge is 0.378 e. The second-order valence-corrected chi connectivity index (χ2v) is 4.83. The molecule has 0 saturated carbocycles. The zero-order valence-electron chi connectivity index (χ0n) is 11.8. The van der Waals surface area contributed by atoms with Crippen LogP contribution in [-0.4, -0.2) is 41.6 Å². The molecule has 1 saturated heterocycles. The van der Waals surface area contributed by atoms with Crippen LogP contribution in [0.1, 0.15) is 30.1 Å². The van der Waals surface area contributed by atoms with Gasteiger partial charge >= 0.3 is 0 Å². The summed E-state index contributed by atoms with van der Waals surface area (Å²) in [5.41, 5.74) is 5.16. The molecule has 1 aliphatic heterocycles. The van der Waals surface area contributed by atoms with Crippen LogP contribution in [0.15, 0.2) is 12.3 Å². The molecule has 1 amide bonds. The molecule has 0 radical (unpaired) electrons. The van der Waals surface area contributed by atoms with Gasteiger partial charge in [0.2, 0.25) is 0 Å². The van der Waals surface area contributed by atoms with Gasteiger partial charge in [-0.15, -0.1) is 0 Å². The Balaban J connectivity index is 2.20. The van der Waals surface area contributed by atoms with Gasteiger partial charge in [-0.05, 0) is 19.8 Å². The maximum atomic E-state index is 11.5. The zero-order chi connectivity index (χ0) is 15.4. The number of nitrogens with zero attached hydrogens (tertiary/aromatic N) is 3. The van der Waals surface area contributed by atoms with Gasteiger partial charge in [-0.2, -0.15) is 0 Å². The highest BCUT2D eigenvalue weighted by atomic mass is 16.6. The third-order valence-corrected chi connectivity index (χ3v) is 3.47. The molecule has 0 spiro atoms. The molecule has 0 unspecified atom stereocenters. The summed E-state index contributed by atoms with van der Waals surface area (Å²) < 4.78 is 5.57. The maximum Gasteiger partial charge on any atom is 0.288 e. The highest BCUT2D eigenvalue weighted by molar-refractivity contribution is 5.98. The first kappa shape index (κ1) is 15.2. The third kappa shape index (κ3) is 3.46. The molecule has 1 fully saturated rings. The first-order chi connectivity index (χ1) is 10.0. The monoisotopic (exact) mass is 294 g/mol. The van der Waals surface area contributed by atoms with Crippen LogP contribution in [0.3, 0.4) is 0 Å². The molecule has 2 heterocycles. The molecule has 8 heteroatoms. The number of nitrogens with two attached hydrogens (primary N) is 1. The van der Waals surface area contributed by atoms with E-state index in [1.807, 2.05) is 11.8 Å². The molecule has 0 atom stereocenters. The quantitative estimate of drug-likeness (QED) is 0.642. The van der Waals surface area contributed by atoms with E-state index in [9.17, 15) is 14.9 Å².